The third-order valence-corrected chi connectivity index (χ3v) is 5.63. The van der Waals surface area contributed by atoms with E-state index in [9.17, 15) is 9.59 Å². The molecule has 1 aliphatic carbocycles. The number of amides is 1. The number of nitrogens with one attached hydrogen (secondary N) is 1. The first-order chi connectivity index (χ1) is 12.2. The van der Waals surface area contributed by atoms with Crippen molar-refractivity contribution >= 4 is 22.2 Å². The van der Waals surface area contributed by atoms with Crippen LogP contribution in [0.4, 0.5) is 0 Å². The van der Waals surface area contributed by atoms with Gasteiger partial charge in [0.25, 0.3) is 11.5 Å². The van der Waals surface area contributed by atoms with Crippen molar-refractivity contribution in [1.29, 1.82) is 0 Å². The Hall–Kier alpha value is -2.54. The minimum absolute atomic E-state index is 0.0891. The Balaban J connectivity index is 1.66. The van der Waals surface area contributed by atoms with Crippen molar-refractivity contribution in [3.05, 3.63) is 62.8 Å². The summed E-state index contributed by atoms with van der Waals surface area (Å²) in [6.07, 6.45) is 10.0. The number of aromatic nitrogens is 3. The monoisotopic (exact) mass is 354 g/mol. The van der Waals surface area contributed by atoms with E-state index in [2.05, 4.69) is 15.3 Å². The van der Waals surface area contributed by atoms with E-state index in [0.29, 0.717) is 11.5 Å². The van der Waals surface area contributed by atoms with E-state index in [0.717, 1.165) is 36.9 Å². The Morgan fingerprint density at radius 3 is 2.96 bits per heavy atom. The summed E-state index contributed by atoms with van der Waals surface area (Å²) in [6, 6.07) is 3.69. The van der Waals surface area contributed by atoms with Crippen LogP contribution < -0.4 is 10.9 Å². The Bertz CT molecular complexity index is 978. The topological polar surface area (TPSA) is 76.4 Å². The maximum absolute atomic E-state index is 12.9. The lowest BCUT2D eigenvalue weighted by molar-refractivity contribution is 0.0949. The zero-order valence-electron chi connectivity index (χ0n) is 13.7. The number of nitrogens with zero attached hydrogens (tertiary/aromatic N) is 3. The number of carbonyl (C=O) groups is 1. The first kappa shape index (κ1) is 16.0. The van der Waals surface area contributed by atoms with Crippen LogP contribution in [0.1, 0.15) is 45.8 Å². The van der Waals surface area contributed by atoms with Crippen molar-refractivity contribution in [3.8, 4) is 0 Å². The van der Waals surface area contributed by atoms with Crippen LogP contribution in [0.25, 0.3) is 4.96 Å². The van der Waals surface area contributed by atoms with Crippen LogP contribution >= 0.6 is 11.3 Å². The highest BCUT2D eigenvalue weighted by molar-refractivity contribution is 7.17. The Morgan fingerprint density at radius 2 is 2.12 bits per heavy atom. The molecule has 1 amide bonds. The van der Waals surface area contributed by atoms with Gasteiger partial charge in [-0.3, -0.25) is 19.0 Å². The first-order valence-corrected chi connectivity index (χ1v) is 9.25. The number of hydrogen-bond acceptors (Lipinski definition) is 5. The van der Waals surface area contributed by atoms with Crippen molar-refractivity contribution in [3.63, 3.8) is 0 Å². The summed E-state index contributed by atoms with van der Waals surface area (Å²) in [5.41, 5.74) is 1.74. The fourth-order valence-corrected chi connectivity index (χ4v) is 4.35. The third-order valence-electron chi connectivity index (χ3n) is 4.47. The van der Waals surface area contributed by atoms with Crippen molar-refractivity contribution < 1.29 is 4.79 Å². The molecular formula is C18H18N4O2S. The summed E-state index contributed by atoms with van der Waals surface area (Å²) in [4.78, 5) is 35.6. The quantitative estimate of drug-likeness (QED) is 0.733. The molecule has 7 heteroatoms. The van der Waals surface area contributed by atoms with E-state index in [4.69, 9.17) is 0 Å². The fraction of sp³-hybridized carbons (Fsp3) is 0.333. The molecule has 1 N–H and O–H groups in total. The number of pyridine rings is 1. The van der Waals surface area contributed by atoms with Crippen molar-refractivity contribution in [2.24, 2.45) is 0 Å². The summed E-state index contributed by atoms with van der Waals surface area (Å²) in [5.74, 6) is -0.399. The average molecular weight is 354 g/mol. The fourth-order valence-electron chi connectivity index (χ4n) is 3.18. The van der Waals surface area contributed by atoms with Gasteiger partial charge in [0.15, 0.2) is 4.96 Å². The second-order valence-corrected chi connectivity index (χ2v) is 7.23. The molecule has 0 bridgehead atoms. The highest BCUT2D eigenvalue weighted by Crippen LogP contribution is 2.27. The van der Waals surface area contributed by atoms with Crippen LogP contribution in [0, 0.1) is 0 Å². The SMILES string of the molecule is O=C(NCc1cccnc1)c1cnc2sc3c(n2c1=O)CCCCC3. The van der Waals surface area contributed by atoms with Gasteiger partial charge in [0.2, 0.25) is 0 Å². The minimum atomic E-state index is -0.399. The second-order valence-electron chi connectivity index (χ2n) is 6.17. The van der Waals surface area contributed by atoms with Gasteiger partial charge >= 0.3 is 0 Å². The molecule has 0 atom stereocenters. The Labute approximate surface area is 148 Å². The highest BCUT2D eigenvalue weighted by Gasteiger charge is 2.20. The van der Waals surface area contributed by atoms with Gasteiger partial charge in [0, 0.05) is 35.7 Å². The van der Waals surface area contributed by atoms with Crippen molar-refractivity contribution in [2.75, 3.05) is 0 Å². The average Bonchev–Trinajstić information content (AvgIpc) is 2.83. The molecule has 3 heterocycles. The molecule has 0 saturated carbocycles. The molecule has 0 spiro atoms. The van der Waals surface area contributed by atoms with Gasteiger partial charge in [-0.15, -0.1) is 11.3 Å². The van der Waals surface area contributed by atoms with E-state index in [1.807, 2.05) is 12.1 Å². The van der Waals surface area contributed by atoms with Crippen LogP contribution in [0.5, 0.6) is 0 Å². The van der Waals surface area contributed by atoms with E-state index >= 15 is 0 Å². The van der Waals surface area contributed by atoms with Gasteiger partial charge < -0.3 is 5.32 Å². The number of rotatable bonds is 3. The Morgan fingerprint density at radius 1 is 1.24 bits per heavy atom. The molecule has 1 aliphatic rings. The van der Waals surface area contributed by atoms with Gasteiger partial charge in [-0.05, 0) is 37.3 Å². The molecular weight excluding hydrogens is 336 g/mol. The van der Waals surface area contributed by atoms with Gasteiger partial charge in [-0.25, -0.2) is 4.98 Å². The predicted molar refractivity (Wildman–Crippen MR) is 96.0 cm³/mol. The zero-order valence-corrected chi connectivity index (χ0v) is 14.5. The zero-order chi connectivity index (χ0) is 17.2. The van der Waals surface area contributed by atoms with E-state index in [-0.39, 0.29) is 11.1 Å². The molecule has 0 saturated heterocycles. The van der Waals surface area contributed by atoms with Crippen LogP contribution in [0.15, 0.2) is 35.5 Å². The van der Waals surface area contributed by atoms with E-state index in [1.165, 1.54) is 17.5 Å². The maximum Gasteiger partial charge on any atom is 0.271 e. The van der Waals surface area contributed by atoms with Gasteiger partial charge in [-0.1, -0.05) is 12.5 Å². The van der Waals surface area contributed by atoms with Crippen LogP contribution in [0.2, 0.25) is 0 Å². The van der Waals surface area contributed by atoms with E-state index in [1.54, 1.807) is 28.1 Å². The molecule has 0 aromatic carbocycles. The summed E-state index contributed by atoms with van der Waals surface area (Å²) in [7, 11) is 0. The van der Waals surface area contributed by atoms with Gasteiger partial charge in [-0.2, -0.15) is 0 Å². The summed E-state index contributed by atoms with van der Waals surface area (Å²) in [6.45, 7) is 0.330. The van der Waals surface area contributed by atoms with Gasteiger partial charge in [0.05, 0.1) is 0 Å². The molecule has 3 aromatic heterocycles. The molecule has 4 rings (SSSR count). The third kappa shape index (κ3) is 3.07. The Kier molecular flexibility index (Phi) is 4.31. The molecule has 128 valence electrons. The molecule has 0 unspecified atom stereocenters. The van der Waals surface area contributed by atoms with E-state index < -0.39 is 5.91 Å². The number of thiazole rings is 1. The lowest BCUT2D eigenvalue weighted by Crippen LogP contribution is -2.31. The van der Waals surface area contributed by atoms with Gasteiger partial charge in [0.1, 0.15) is 5.56 Å². The molecule has 0 fully saturated rings. The minimum Gasteiger partial charge on any atom is -0.348 e. The van der Waals surface area contributed by atoms with Crippen LogP contribution in [0.3, 0.4) is 0 Å². The summed E-state index contributed by atoms with van der Waals surface area (Å²) < 4.78 is 1.64. The largest absolute Gasteiger partial charge is 0.348 e. The highest BCUT2D eigenvalue weighted by atomic mass is 32.1. The molecule has 3 aromatic rings. The maximum atomic E-state index is 12.9. The van der Waals surface area contributed by atoms with Crippen molar-refractivity contribution in [1.82, 2.24) is 19.7 Å². The second kappa shape index (κ2) is 6.76. The molecule has 0 aliphatic heterocycles. The number of carbonyl (C=O) groups excluding carboxylic acids is 1. The molecule has 0 radical (unpaired) electrons. The lowest BCUT2D eigenvalue weighted by atomic mass is 10.2. The number of aryl methyl sites for hydroxylation is 2. The molecule has 25 heavy (non-hydrogen) atoms. The normalized spacial score (nSPS) is 14.1. The molecule has 6 nitrogen and oxygen atoms in total. The summed E-state index contributed by atoms with van der Waals surface area (Å²) in [5, 5.41) is 2.78. The first-order valence-electron chi connectivity index (χ1n) is 8.43. The summed E-state index contributed by atoms with van der Waals surface area (Å²) >= 11 is 1.57. The van der Waals surface area contributed by atoms with Crippen LogP contribution in [-0.4, -0.2) is 20.3 Å². The lowest BCUT2D eigenvalue weighted by Gasteiger charge is -2.06. The predicted octanol–water partition coefficient (Wildman–Crippen LogP) is 2.35. The van der Waals surface area contributed by atoms with Crippen LogP contribution in [-0.2, 0) is 19.4 Å². The smallest absolute Gasteiger partial charge is 0.271 e. The number of hydrogen-bond donors (Lipinski definition) is 1. The van der Waals surface area contributed by atoms with Crippen molar-refractivity contribution in [2.45, 2.75) is 38.6 Å². The number of fused-ring (bicyclic) bond motifs is 3. The standard InChI is InChI=1S/C18H18N4O2S/c23-16(20-10-12-5-4-8-19-9-12)13-11-21-18-22(17(13)24)14-6-2-1-3-7-15(14)25-18/h4-5,8-9,11H,1-3,6-7,10H2,(H,20,23).